The Labute approximate surface area is 275 Å². The molecule has 6 rings (SSSR count). The third kappa shape index (κ3) is 9.27. The topological polar surface area (TPSA) is 164 Å². The van der Waals surface area contributed by atoms with Crippen LogP contribution in [0.25, 0.3) is 21.9 Å². The van der Waals surface area contributed by atoms with E-state index in [1.807, 2.05) is 36.4 Å². The summed E-state index contributed by atoms with van der Waals surface area (Å²) in [6.45, 7) is 6.50. The SMILES string of the molecule is COCCCOc1ccc2c(COc3cccc4[nH]c(C(=O)O)cc34)coc2c1.C[C@H]1CN(CCC2(O)CCC(N)CC2)CC[C@@H]1O. The zero-order valence-electron chi connectivity index (χ0n) is 27.5. The van der Waals surface area contributed by atoms with Gasteiger partial charge in [0.1, 0.15) is 29.4 Å². The fraction of sp³-hybridized carbons (Fsp3) is 0.528. The number of hydrogen-bond acceptors (Lipinski definition) is 9. The van der Waals surface area contributed by atoms with E-state index in [2.05, 4.69) is 16.8 Å². The van der Waals surface area contributed by atoms with E-state index in [1.165, 1.54) is 0 Å². The third-order valence-corrected chi connectivity index (χ3v) is 9.42. The van der Waals surface area contributed by atoms with Crippen LogP contribution in [0.1, 0.15) is 67.9 Å². The predicted molar refractivity (Wildman–Crippen MR) is 180 cm³/mol. The second kappa shape index (κ2) is 16.0. The Hall–Kier alpha value is -3.61. The van der Waals surface area contributed by atoms with Crippen molar-refractivity contribution in [1.29, 1.82) is 0 Å². The number of hydrogen-bond donors (Lipinski definition) is 5. The average molecular weight is 652 g/mol. The molecule has 1 aliphatic heterocycles. The minimum absolute atomic E-state index is 0.128. The number of aromatic nitrogens is 1. The molecule has 11 heteroatoms. The molecule has 1 saturated carbocycles. The van der Waals surface area contributed by atoms with Crippen molar-refractivity contribution in [2.45, 2.75) is 76.2 Å². The van der Waals surface area contributed by atoms with E-state index in [0.717, 1.165) is 92.2 Å². The molecule has 0 unspecified atom stereocenters. The number of methoxy groups -OCH3 is 1. The summed E-state index contributed by atoms with van der Waals surface area (Å²) in [5.41, 5.74) is 7.85. The molecule has 0 spiro atoms. The summed E-state index contributed by atoms with van der Waals surface area (Å²) < 4.78 is 22.3. The number of fused-ring (bicyclic) bond motifs is 2. The van der Waals surface area contributed by atoms with Gasteiger partial charge >= 0.3 is 5.97 Å². The number of aromatic amines is 1. The van der Waals surface area contributed by atoms with Gasteiger partial charge in [0.2, 0.25) is 0 Å². The van der Waals surface area contributed by atoms with E-state index in [9.17, 15) is 20.1 Å². The highest BCUT2D eigenvalue weighted by atomic mass is 16.5. The van der Waals surface area contributed by atoms with Crippen molar-refractivity contribution in [3.05, 3.63) is 60.0 Å². The van der Waals surface area contributed by atoms with Crippen LogP contribution in [0, 0.1) is 5.92 Å². The first-order valence-electron chi connectivity index (χ1n) is 16.6. The number of nitrogens with zero attached hydrogens (tertiary/aromatic N) is 1. The van der Waals surface area contributed by atoms with Crippen molar-refractivity contribution in [1.82, 2.24) is 9.88 Å². The van der Waals surface area contributed by atoms with Gasteiger partial charge in [-0.2, -0.15) is 0 Å². The zero-order valence-corrected chi connectivity index (χ0v) is 27.5. The molecule has 2 aromatic carbocycles. The molecule has 0 amide bonds. The number of aromatic carboxylic acids is 1. The number of rotatable bonds is 12. The Bertz CT molecular complexity index is 1590. The molecular weight excluding hydrogens is 602 g/mol. The number of nitrogens with two attached hydrogens (primary N) is 1. The highest BCUT2D eigenvalue weighted by Crippen LogP contribution is 2.32. The second-order valence-electron chi connectivity index (χ2n) is 13.1. The molecule has 1 saturated heterocycles. The van der Waals surface area contributed by atoms with Gasteiger partial charge in [0.15, 0.2) is 0 Å². The number of ether oxygens (including phenoxy) is 3. The first-order valence-corrected chi connectivity index (χ1v) is 16.6. The number of aliphatic hydroxyl groups excluding tert-OH is 1. The molecule has 0 bridgehead atoms. The van der Waals surface area contributed by atoms with Gasteiger partial charge < -0.3 is 49.6 Å². The average Bonchev–Trinajstić information content (AvgIpc) is 3.69. The summed E-state index contributed by atoms with van der Waals surface area (Å²) >= 11 is 0. The minimum Gasteiger partial charge on any atom is -0.493 e. The van der Waals surface area contributed by atoms with Crippen LogP contribution in [0.2, 0.25) is 0 Å². The van der Waals surface area contributed by atoms with Crippen molar-refractivity contribution in [2.75, 3.05) is 40.0 Å². The number of nitrogens with one attached hydrogen (secondary N) is 1. The standard InChI is InChI=1S/C22H21NO6.C14H28N2O2/c1-26-8-3-9-27-15-6-7-16-14(13-29-21(16)10-15)12-28-20-5-2-4-18-17(20)11-19(23-18)22(24)25;1-11-10-16(8-4-13(11)17)9-7-14(18)5-2-12(15)3-6-14/h2,4-7,10-11,13,23H,3,8-9,12H2,1H3,(H,24,25);11-13,17-18H,2-10,15H2,1H3/t;11-,12?,13-,14?/m.0/s1. The van der Waals surface area contributed by atoms with Gasteiger partial charge in [0, 0.05) is 73.7 Å². The Balaban J connectivity index is 0.000000207. The highest BCUT2D eigenvalue weighted by Gasteiger charge is 2.33. The van der Waals surface area contributed by atoms with Crippen LogP contribution in [0.3, 0.4) is 0 Å². The Morgan fingerprint density at radius 3 is 2.66 bits per heavy atom. The molecule has 11 nitrogen and oxygen atoms in total. The maximum absolute atomic E-state index is 11.2. The summed E-state index contributed by atoms with van der Waals surface area (Å²) in [7, 11) is 1.67. The normalized spacial score (nSPS) is 23.4. The summed E-state index contributed by atoms with van der Waals surface area (Å²) in [5.74, 6) is 0.703. The molecule has 47 heavy (non-hydrogen) atoms. The summed E-state index contributed by atoms with van der Waals surface area (Å²) in [6.07, 6.45) is 7.65. The number of H-pyrrole nitrogens is 1. The lowest BCUT2D eigenvalue weighted by Crippen LogP contribution is -2.45. The maximum Gasteiger partial charge on any atom is 0.352 e. The van der Waals surface area contributed by atoms with Crippen molar-refractivity contribution < 1.29 is 38.7 Å². The first kappa shape index (κ1) is 34.7. The molecule has 1 aliphatic carbocycles. The first-order chi connectivity index (χ1) is 22.6. The Kier molecular flexibility index (Phi) is 11.8. The van der Waals surface area contributed by atoms with Gasteiger partial charge in [-0.15, -0.1) is 0 Å². The quantitative estimate of drug-likeness (QED) is 0.127. The lowest BCUT2D eigenvalue weighted by molar-refractivity contribution is -0.0252. The van der Waals surface area contributed by atoms with E-state index in [-0.39, 0.29) is 17.8 Å². The molecule has 0 radical (unpaired) electrons. The molecule has 256 valence electrons. The molecule has 6 N–H and O–H groups in total. The number of carboxylic acid groups (broad SMARTS) is 1. The van der Waals surface area contributed by atoms with Gasteiger partial charge in [0.05, 0.1) is 24.6 Å². The Morgan fingerprint density at radius 1 is 1.11 bits per heavy atom. The number of carbonyl (C=O) groups is 1. The number of piperidine rings is 1. The van der Waals surface area contributed by atoms with E-state index in [0.29, 0.717) is 37.0 Å². The molecule has 2 aromatic heterocycles. The largest absolute Gasteiger partial charge is 0.493 e. The van der Waals surface area contributed by atoms with Crippen LogP contribution >= 0.6 is 0 Å². The number of benzene rings is 2. The number of carboxylic acids is 1. The second-order valence-corrected chi connectivity index (χ2v) is 13.1. The van der Waals surface area contributed by atoms with Crippen LogP contribution in [-0.2, 0) is 11.3 Å². The van der Waals surface area contributed by atoms with Crippen LogP contribution in [0.5, 0.6) is 11.5 Å². The van der Waals surface area contributed by atoms with Crippen molar-refractivity contribution in [3.8, 4) is 11.5 Å². The lowest BCUT2D eigenvalue weighted by atomic mass is 9.80. The minimum atomic E-state index is -1.01. The number of likely N-dealkylation sites (tertiary alicyclic amines) is 1. The van der Waals surface area contributed by atoms with Crippen molar-refractivity contribution in [2.24, 2.45) is 11.7 Å². The van der Waals surface area contributed by atoms with Gasteiger partial charge in [-0.3, -0.25) is 0 Å². The lowest BCUT2D eigenvalue weighted by Gasteiger charge is -2.39. The van der Waals surface area contributed by atoms with Crippen LogP contribution in [0.15, 0.2) is 53.1 Å². The monoisotopic (exact) mass is 651 g/mol. The third-order valence-electron chi connectivity index (χ3n) is 9.42. The molecular formula is C36H49N3O8. The smallest absolute Gasteiger partial charge is 0.352 e. The number of furan rings is 1. The van der Waals surface area contributed by atoms with Gasteiger partial charge in [-0.1, -0.05) is 13.0 Å². The van der Waals surface area contributed by atoms with Gasteiger partial charge in [0.25, 0.3) is 0 Å². The van der Waals surface area contributed by atoms with E-state index in [4.69, 9.17) is 24.4 Å². The van der Waals surface area contributed by atoms with Crippen LogP contribution < -0.4 is 15.2 Å². The fourth-order valence-corrected chi connectivity index (χ4v) is 6.40. The summed E-state index contributed by atoms with van der Waals surface area (Å²) in [4.78, 5) is 16.4. The molecule has 2 fully saturated rings. The maximum atomic E-state index is 11.2. The summed E-state index contributed by atoms with van der Waals surface area (Å²) in [6, 6.07) is 13.0. The van der Waals surface area contributed by atoms with Gasteiger partial charge in [-0.25, -0.2) is 4.79 Å². The zero-order chi connectivity index (χ0) is 33.4. The molecule has 2 atom stereocenters. The molecule has 3 heterocycles. The van der Waals surface area contributed by atoms with E-state index >= 15 is 0 Å². The van der Waals surface area contributed by atoms with Crippen LogP contribution in [-0.4, -0.2) is 88.9 Å². The van der Waals surface area contributed by atoms with E-state index < -0.39 is 11.6 Å². The van der Waals surface area contributed by atoms with Crippen molar-refractivity contribution in [3.63, 3.8) is 0 Å². The highest BCUT2D eigenvalue weighted by molar-refractivity contribution is 5.96. The number of aliphatic hydroxyl groups is 2. The van der Waals surface area contributed by atoms with Crippen molar-refractivity contribution >= 4 is 27.8 Å². The van der Waals surface area contributed by atoms with Gasteiger partial charge in [-0.05, 0) is 74.8 Å². The predicted octanol–water partition coefficient (Wildman–Crippen LogP) is 5.32. The summed E-state index contributed by atoms with van der Waals surface area (Å²) in [5, 5.41) is 31.1. The molecule has 4 aromatic rings. The Morgan fingerprint density at radius 2 is 1.91 bits per heavy atom. The molecule has 2 aliphatic rings. The van der Waals surface area contributed by atoms with Crippen LogP contribution in [0.4, 0.5) is 0 Å². The fourth-order valence-electron chi connectivity index (χ4n) is 6.40. The van der Waals surface area contributed by atoms with E-state index in [1.54, 1.807) is 19.4 Å².